The van der Waals surface area contributed by atoms with E-state index in [4.69, 9.17) is 0 Å². The third-order valence-electron chi connectivity index (χ3n) is 5.17. The van der Waals surface area contributed by atoms with Crippen molar-refractivity contribution in [1.82, 2.24) is 15.3 Å². The highest BCUT2D eigenvalue weighted by Crippen LogP contribution is 2.24. The van der Waals surface area contributed by atoms with Crippen LogP contribution in [0.2, 0.25) is 0 Å². The number of piperidine rings is 1. The summed E-state index contributed by atoms with van der Waals surface area (Å²) in [5.74, 6) is 1.44. The Labute approximate surface area is 155 Å². The van der Waals surface area contributed by atoms with E-state index in [0.29, 0.717) is 5.69 Å². The Morgan fingerprint density at radius 3 is 2.54 bits per heavy atom. The summed E-state index contributed by atoms with van der Waals surface area (Å²) in [5, 5.41) is 2.92. The van der Waals surface area contributed by atoms with Crippen molar-refractivity contribution in [3.63, 3.8) is 0 Å². The van der Waals surface area contributed by atoms with Crippen LogP contribution in [-0.2, 0) is 6.42 Å². The van der Waals surface area contributed by atoms with Crippen LogP contribution in [0, 0.1) is 5.92 Å². The zero-order valence-corrected chi connectivity index (χ0v) is 15.7. The van der Waals surface area contributed by atoms with Gasteiger partial charge in [-0.1, -0.05) is 37.3 Å². The molecule has 0 spiro atoms. The van der Waals surface area contributed by atoms with Gasteiger partial charge in [-0.2, -0.15) is 0 Å². The molecule has 1 aliphatic rings. The Morgan fingerprint density at radius 2 is 1.92 bits per heavy atom. The van der Waals surface area contributed by atoms with Crippen molar-refractivity contribution < 1.29 is 4.79 Å². The van der Waals surface area contributed by atoms with Gasteiger partial charge in [0.15, 0.2) is 0 Å². The molecule has 1 unspecified atom stereocenters. The Kier molecular flexibility index (Phi) is 6.21. The van der Waals surface area contributed by atoms with Crippen molar-refractivity contribution in [2.75, 3.05) is 18.0 Å². The molecule has 138 valence electrons. The van der Waals surface area contributed by atoms with Crippen molar-refractivity contribution in [1.29, 1.82) is 0 Å². The van der Waals surface area contributed by atoms with E-state index in [9.17, 15) is 4.79 Å². The summed E-state index contributed by atoms with van der Waals surface area (Å²) in [4.78, 5) is 23.1. The molecule has 1 atom stereocenters. The van der Waals surface area contributed by atoms with E-state index in [1.807, 2.05) is 13.8 Å². The second-order valence-corrected chi connectivity index (χ2v) is 7.16. The number of hydrogen-bond acceptors (Lipinski definition) is 4. The van der Waals surface area contributed by atoms with Crippen molar-refractivity contribution in [2.24, 2.45) is 5.92 Å². The fourth-order valence-electron chi connectivity index (χ4n) is 3.32. The average Bonchev–Trinajstić information content (AvgIpc) is 2.69. The average molecular weight is 352 g/mol. The van der Waals surface area contributed by atoms with Crippen LogP contribution < -0.4 is 10.2 Å². The van der Waals surface area contributed by atoms with E-state index in [-0.39, 0.29) is 11.9 Å². The largest absolute Gasteiger partial charge is 0.355 e. The van der Waals surface area contributed by atoms with Crippen LogP contribution in [-0.4, -0.2) is 35.0 Å². The molecule has 26 heavy (non-hydrogen) atoms. The SMILES string of the molecule is CCC(C)NC(=O)c1cnc(N2CCC(Cc3ccccc3)CC2)cn1. The first-order chi connectivity index (χ1) is 12.7. The van der Waals surface area contributed by atoms with E-state index < -0.39 is 0 Å². The number of nitrogens with zero attached hydrogens (tertiary/aromatic N) is 3. The van der Waals surface area contributed by atoms with Crippen LogP contribution in [0.25, 0.3) is 0 Å². The second kappa shape index (κ2) is 8.79. The molecule has 1 N–H and O–H groups in total. The lowest BCUT2D eigenvalue weighted by molar-refractivity contribution is 0.0934. The molecule has 1 aromatic heterocycles. The first-order valence-electron chi connectivity index (χ1n) is 9.57. The first kappa shape index (κ1) is 18.4. The molecule has 0 radical (unpaired) electrons. The molecule has 0 bridgehead atoms. The predicted octanol–water partition coefficient (Wildman–Crippen LogP) is 3.46. The van der Waals surface area contributed by atoms with Crippen LogP contribution in [0.1, 0.15) is 49.2 Å². The summed E-state index contributed by atoms with van der Waals surface area (Å²) < 4.78 is 0. The zero-order chi connectivity index (χ0) is 18.4. The second-order valence-electron chi connectivity index (χ2n) is 7.16. The van der Waals surface area contributed by atoms with Gasteiger partial charge in [0.05, 0.1) is 12.4 Å². The highest BCUT2D eigenvalue weighted by Gasteiger charge is 2.21. The summed E-state index contributed by atoms with van der Waals surface area (Å²) >= 11 is 0. The molecule has 1 aromatic carbocycles. The maximum atomic E-state index is 12.1. The van der Waals surface area contributed by atoms with E-state index >= 15 is 0 Å². The molecular formula is C21H28N4O. The molecule has 0 aliphatic carbocycles. The van der Waals surface area contributed by atoms with Gasteiger partial charge in [0.25, 0.3) is 5.91 Å². The molecular weight excluding hydrogens is 324 g/mol. The van der Waals surface area contributed by atoms with E-state index in [1.165, 1.54) is 5.56 Å². The van der Waals surface area contributed by atoms with Crippen molar-refractivity contribution in [2.45, 2.75) is 45.6 Å². The quantitative estimate of drug-likeness (QED) is 0.865. The lowest BCUT2D eigenvalue weighted by Gasteiger charge is -2.32. The minimum Gasteiger partial charge on any atom is -0.355 e. The number of anilines is 1. The van der Waals surface area contributed by atoms with Gasteiger partial charge in [0, 0.05) is 19.1 Å². The van der Waals surface area contributed by atoms with Gasteiger partial charge in [-0.15, -0.1) is 0 Å². The topological polar surface area (TPSA) is 58.1 Å². The van der Waals surface area contributed by atoms with Gasteiger partial charge in [0.2, 0.25) is 0 Å². The summed E-state index contributed by atoms with van der Waals surface area (Å²) in [6.45, 7) is 6.01. The molecule has 2 heterocycles. The number of rotatable bonds is 6. The molecule has 0 saturated carbocycles. The van der Waals surface area contributed by atoms with E-state index in [0.717, 1.165) is 50.5 Å². The highest BCUT2D eigenvalue weighted by molar-refractivity contribution is 5.92. The van der Waals surface area contributed by atoms with Crippen LogP contribution in [0.4, 0.5) is 5.82 Å². The summed E-state index contributed by atoms with van der Waals surface area (Å²) in [7, 11) is 0. The first-order valence-corrected chi connectivity index (χ1v) is 9.57. The van der Waals surface area contributed by atoms with E-state index in [1.54, 1.807) is 12.4 Å². The lowest BCUT2D eigenvalue weighted by atomic mass is 9.90. The van der Waals surface area contributed by atoms with Crippen molar-refractivity contribution >= 4 is 11.7 Å². The maximum Gasteiger partial charge on any atom is 0.271 e. The summed E-state index contributed by atoms with van der Waals surface area (Å²) in [6.07, 6.45) is 7.68. The minimum atomic E-state index is -0.153. The molecule has 2 aromatic rings. The fourth-order valence-corrected chi connectivity index (χ4v) is 3.32. The number of carbonyl (C=O) groups is 1. The van der Waals surface area contributed by atoms with Crippen LogP contribution in [0.15, 0.2) is 42.7 Å². The summed E-state index contributed by atoms with van der Waals surface area (Å²) in [6, 6.07) is 10.9. The fraction of sp³-hybridized carbons (Fsp3) is 0.476. The maximum absolute atomic E-state index is 12.1. The number of amides is 1. The van der Waals surface area contributed by atoms with E-state index in [2.05, 4.69) is 50.5 Å². The normalized spacial score (nSPS) is 16.3. The van der Waals surface area contributed by atoms with Gasteiger partial charge in [-0.3, -0.25) is 4.79 Å². The number of carbonyl (C=O) groups excluding carboxylic acids is 1. The van der Waals surface area contributed by atoms with Gasteiger partial charge < -0.3 is 10.2 Å². The summed E-state index contributed by atoms with van der Waals surface area (Å²) in [5.41, 5.74) is 1.80. The smallest absolute Gasteiger partial charge is 0.271 e. The van der Waals surface area contributed by atoms with Crippen molar-refractivity contribution in [3.8, 4) is 0 Å². The number of aromatic nitrogens is 2. The predicted molar refractivity (Wildman–Crippen MR) is 104 cm³/mol. The van der Waals surface area contributed by atoms with Gasteiger partial charge in [-0.25, -0.2) is 9.97 Å². The molecule has 5 heteroatoms. The number of hydrogen-bond donors (Lipinski definition) is 1. The number of benzene rings is 1. The molecule has 1 fully saturated rings. The molecule has 3 rings (SSSR count). The van der Waals surface area contributed by atoms with Gasteiger partial charge in [-0.05, 0) is 44.1 Å². The lowest BCUT2D eigenvalue weighted by Crippen LogP contribution is -2.35. The molecule has 1 saturated heterocycles. The number of nitrogens with one attached hydrogen (secondary N) is 1. The van der Waals surface area contributed by atoms with Crippen LogP contribution in [0.5, 0.6) is 0 Å². The third-order valence-corrected chi connectivity index (χ3v) is 5.17. The molecule has 5 nitrogen and oxygen atoms in total. The Morgan fingerprint density at radius 1 is 1.19 bits per heavy atom. The highest BCUT2D eigenvalue weighted by atomic mass is 16.1. The van der Waals surface area contributed by atoms with Crippen LogP contribution >= 0.6 is 0 Å². The van der Waals surface area contributed by atoms with Gasteiger partial charge in [0.1, 0.15) is 11.5 Å². The Hall–Kier alpha value is -2.43. The third kappa shape index (κ3) is 4.81. The van der Waals surface area contributed by atoms with Crippen molar-refractivity contribution in [3.05, 3.63) is 54.0 Å². The Bertz CT molecular complexity index is 694. The molecule has 1 amide bonds. The van der Waals surface area contributed by atoms with Gasteiger partial charge >= 0.3 is 0 Å². The molecule has 1 aliphatic heterocycles. The van der Waals surface area contributed by atoms with Crippen LogP contribution in [0.3, 0.4) is 0 Å². The Balaban J connectivity index is 1.52. The standard InChI is InChI=1S/C21H28N4O/c1-3-16(2)24-21(26)19-14-23-20(15-22-19)25-11-9-18(10-12-25)13-17-7-5-4-6-8-17/h4-8,14-16,18H,3,9-13H2,1-2H3,(H,24,26). The monoisotopic (exact) mass is 352 g/mol. The zero-order valence-electron chi connectivity index (χ0n) is 15.7. The minimum absolute atomic E-state index is 0.146.